The molecule has 0 saturated carbocycles. The van der Waals surface area contributed by atoms with Gasteiger partial charge in [0.15, 0.2) is 0 Å². The van der Waals surface area contributed by atoms with E-state index in [0.717, 1.165) is 41.4 Å². The lowest BCUT2D eigenvalue weighted by Crippen LogP contribution is -2.20. The molecule has 0 saturated heterocycles. The molecule has 1 unspecified atom stereocenters. The first kappa shape index (κ1) is 11.1. The molecule has 1 nitrogen and oxygen atoms in total. The maximum Gasteiger partial charge on any atom is 0.126 e. The third kappa shape index (κ3) is 2.08. The highest BCUT2D eigenvalue weighted by Crippen LogP contribution is 2.37. The van der Waals surface area contributed by atoms with E-state index in [1.165, 1.54) is 0 Å². The van der Waals surface area contributed by atoms with Gasteiger partial charge in [0.05, 0.1) is 0 Å². The third-order valence-electron chi connectivity index (χ3n) is 2.92. The molecule has 2 rings (SSSR count). The van der Waals surface area contributed by atoms with Crippen LogP contribution in [0, 0.1) is 5.82 Å². The Labute approximate surface area is 98.2 Å². The van der Waals surface area contributed by atoms with Crippen LogP contribution in [0.1, 0.15) is 36.9 Å². The second-order valence-corrected chi connectivity index (χ2v) is 4.82. The maximum atomic E-state index is 13.5. The number of halogens is 2. The van der Waals surface area contributed by atoms with E-state index >= 15 is 0 Å². The molecule has 0 aliphatic heterocycles. The van der Waals surface area contributed by atoms with Crippen molar-refractivity contribution in [2.45, 2.75) is 32.2 Å². The number of hydrogen-bond acceptors (Lipinski definition) is 1. The average molecular weight is 272 g/mol. The second-order valence-electron chi connectivity index (χ2n) is 3.97. The van der Waals surface area contributed by atoms with Gasteiger partial charge in [0.25, 0.3) is 0 Å². The highest BCUT2D eigenvalue weighted by Gasteiger charge is 2.26. The molecule has 0 amide bonds. The summed E-state index contributed by atoms with van der Waals surface area (Å²) in [6.45, 7) is 3.14. The van der Waals surface area contributed by atoms with E-state index in [0.29, 0.717) is 6.04 Å². The lowest BCUT2D eigenvalue weighted by Gasteiger charge is -2.14. The van der Waals surface area contributed by atoms with Crippen LogP contribution in [-0.2, 0) is 6.42 Å². The first-order chi connectivity index (χ1) is 7.24. The molecule has 82 valence electrons. The summed E-state index contributed by atoms with van der Waals surface area (Å²) in [6.07, 6.45) is 2.97. The van der Waals surface area contributed by atoms with Crippen molar-refractivity contribution < 1.29 is 4.39 Å². The lowest BCUT2D eigenvalue weighted by molar-refractivity contribution is 0.528. The molecular formula is C12H15BrFN. The summed E-state index contributed by atoms with van der Waals surface area (Å²) >= 11 is 3.51. The molecule has 1 aliphatic rings. The highest BCUT2D eigenvalue weighted by molar-refractivity contribution is 9.10. The Morgan fingerprint density at radius 2 is 2.33 bits per heavy atom. The third-order valence-corrected chi connectivity index (χ3v) is 3.61. The number of rotatable bonds is 3. The van der Waals surface area contributed by atoms with E-state index in [1.54, 1.807) is 12.1 Å². The van der Waals surface area contributed by atoms with Crippen molar-refractivity contribution in [3.63, 3.8) is 0 Å². The van der Waals surface area contributed by atoms with Crippen LogP contribution in [0.5, 0.6) is 0 Å². The van der Waals surface area contributed by atoms with Gasteiger partial charge >= 0.3 is 0 Å². The molecule has 15 heavy (non-hydrogen) atoms. The van der Waals surface area contributed by atoms with E-state index in [9.17, 15) is 4.39 Å². The van der Waals surface area contributed by atoms with Gasteiger partial charge in [-0.2, -0.15) is 0 Å². The van der Waals surface area contributed by atoms with Crippen LogP contribution in [0.2, 0.25) is 0 Å². The van der Waals surface area contributed by atoms with Crippen molar-refractivity contribution in [1.29, 1.82) is 0 Å². The van der Waals surface area contributed by atoms with Gasteiger partial charge in [-0.05, 0) is 49.1 Å². The number of fused-ring (bicyclic) bond motifs is 1. The number of hydrogen-bond donors (Lipinski definition) is 1. The van der Waals surface area contributed by atoms with Crippen LogP contribution in [0.15, 0.2) is 16.6 Å². The molecule has 1 aromatic carbocycles. The zero-order chi connectivity index (χ0) is 10.8. The highest BCUT2D eigenvalue weighted by atomic mass is 79.9. The zero-order valence-corrected chi connectivity index (χ0v) is 10.4. The molecule has 0 spiro atoms. The van der Waals surface area contributed by atoms with Crippen molar-refractivity contribution in [3.8, 4) is 0 Å². The minimum Gasteiger partial charge on any atom is -0.310 e. The van der Waals surface area contributed by atoms with Gasteiger partial charge in [0, 0.05) is 10.5 Å². The molecule has 0 fully saturated rings. The molecule has 0 heterocycles. The van der Waals surface area contributed by atoms with E-state index in [2.05, 4.69) is 28.2 Å². The Hall–Kier alpha value is -0.410. The van der Waals surface area contributed by atoms with Crippen molar-refractivity contribution >= 4 is 15.9 Å². The summed E-state index contributed by atoms with van der Waals surface area (Å²) in [6, 6.07) is 3.68. The fourth-order valence-corrected chi connectivity index (χ4v) is 2.84. The van der Waals surface area contributed by atoms with Crippen molar-refractivity contribution in [1.82, 2.24) is 5.32 Å². The quantitative estimate of drug-likeness (QED) is 0.886. The SMILES string of the molecule is CCCNC1CCc2c(F)ccc(Br)c21. The van der Waals surface area contributed by atoms with Gasteiger partial charge in [-0.15, -0.1) is 0 Å². The Kier molecular flexibility index (Phi) is 3.42. The van der Waals surface area contributed by atoms with Gasteiger partial charge in [0.2, 0.25) is 0 Å². The normalized spacial score (nSPS) is 19.3. The number of benzene rings is 1. The molecule has 1 aliphatic carbocycles. The van der Waals surface area contributed by atoms with Crippen molar-refractivity contribution in [3.05, 3.63) is 33.5 Å². The van der Waals surface area contributed by atoms with Crippen molar-refractivity contribution in [2.24, 2.45) is 0 Å². The molecular weight excluding hydrogens is 257 g/mol. The largest absolute Gasteiger partial charge is 0.310 e. The van der Waals surface area contributed by atoms with Crippen LogP contribution in [0.4, 0.5) is 4.39 Å². The molecule has 3 heteroatoms. The first-order valence-electron chi connectivity index (χ1n) is 5.44. The second kappa shape index (κ2) is 4.62. The average Bonchev–Trinajstić information content (AvgIpc) is 2.65. The van der Waals surface area contributed by atoms with Gasteiger partial charge in [-0.25, -0.2) is 4.39 Å². The summed E-state index contributed by atoms with van der Waals surface area (Å²) < 4.78 is 14.6. The van der Waals surface area contributed by atoms with Crippen LogP contribution in [0.3, 0.4) is 0 Å². The maximum absolute atomic E-state index is 13.5. The molecule has 1 N–H and O–H groups in total. The van der Waals surface area contributed by atoms with E-state index in [1.807, 2.05) is 0 Å². The first-order valence-corrected chi connectivity index (χ1v) is 6.23. The van der Waals surface area contributed by atoms with Crippen LogP contribution >= 0.6 is 15.9 Å². The Morgan fingerprint density at radius 1 is 1.53 bits per heavy atom. The molecule has 0 radical (unpaired) electrons. The van der Waals surface area contributed by atoms with Crippen LogP contribution in [-0.4, -0.2) is 6.54 Å². The van der Waals surface area contributed by atoms with Crippen LogP contribution in [0.25, 0.3) is 0 Å². The van der Waals surface area contributed by atoms with Crippen molar-refractivity contribution in [2.75, 3.05) is 6.54 Å². The fraction of sp³-hybridized carbons (Fsp3) is 0.500. The predicted molar refractivity (Wildman–Crippen MR) is 63.5 cm³/mol. The Bertz CT molecular complexity index is 365. The molecule has 1 atom stereocenters. The molecule has 0 aromatic heterocycles. The summed E-state index contributed by atoms with van der Waals surface area (Å²) in [4.78, 5) is 0. The molecule has 0 bridgehead atoms. The van der Waals surface area contributed by atoms with Gasteiger partial charge in [0.1, 0.15) is 5.82 Å². The lowest BCUT2D eigenvalue weighted by atomic mass is 10.1. The topological polar surface area (TPSA) is 12.0 Å². The van der Waals surface area contributed by atoms with Crippen LogP contribution < -0.4 is 5.32 Å². The monoisotopic (exact) mass is 271 g/mol. The number of nitrogens with one attached hydrogen (secondary N) is 1. The zero-order valence-electron chi connectivity index (χ0n) is 8.82. The molecule has 1 aromatic rings. The van der Waals surface area contributed by atoms with Gasteiger partial charge in [-0.1, -0.05) is 22.9 Å². The standard InChI is InChI=1S/C12H15BrFN/c1-2-7-15-11-6-3-8-10(14)5-4-9(13)12(8)11/h4-5,11,15H,2-3,6-7H2,1H3. The van der Waals surface area contributed by atoms with E-state index < -0.39 is 0 Å². The van der Waals surface area contributed by atoms with Gasteiger partial charge in [-0.3, -0.25) is 0 Å². The summed E-state index contributed by atoms with van der Waals surface area (Å²) in [5.74, 6) is -0.0611. The Morgan fingerprint density at radius 3 is 3.07 bits per heavy atom. The van der Waals surface area contributed by atoms with E-state index in [-0.39, 0.29) is 5.82 Å². The minimum absolute atomic E-state index is 0.0611. The smallest absolute Gasteiger partial charge is 0.126 e. The fourth-order valence-electron chi connectivity index (χ4n) is 2.20. The summed E-state index contributed by atoms with van der Waals surface area (Å²) in [5, 5.41) is 3.46. The summed E-state index contributed by atoms with van der Waals surface area (Å²) in [7, 11) is 0. The van der Waals surface area contributed by atoms with E-state index in [4.69, 9.17) is 0 Å². The minimum atomic E-state index is -0.0611. The van der Waals surface area contributed by atoms with Gasteiger partial charge < -0.3 is 5.32 Å². The summed E-state index contributed by atoms with van der Waals surface area (Å²) in [5.41, 5.74) is 2.02. The Balaban J connectivity index is 2.28. The predicted octanol–water partition coefficient (Wildman–Crippen LogP) is 3.58.